The van der Waals surface area contributed by atoms with Crippen LogP contribution in [0.15, 0.2) is 0 Å². The van der Waals surface area contributed by atoms with Gasteiger partial charge in [-0.2, -0.15) is 0 Å². The first-order valence-electron chi connectivity index (χ1n) is 4.27. The molecule has 0 bridgehead atoms. The maximum Gasteiger partial charge on any atom is 0.0545 e. The summed E-state index contributed by atoms with van der Waals surface area (Å²) < 4.78 is 0. The molecule has 60 valence electrons. The zero-order valence-corrected chi connectivity index (χ0v) is 7.01. The SMILES string of the molecule is CC[C@@H]1CCCN1C(C)N. The van der Waals surface area contributed by atoms with Crippen molar-refractivity contribution in [3.05, 3.63) is 0 Å². The van der Waals surface area contributed by atoms with Gasteiger partial charge in [0.25, 0.3) is 0 Å². The number of likely N-dealkylation sites (tertiary alicyclic amines) is 1. The van der Waals surface area contributed by atoms with E-state index in [2.05, 4.69) is 18.7 Å². The Kier molecular flexibility index (Phi) is 2.69. The van der Waals surface area contributed by atoms with E-state index in [1.807, 2.05) is 0 Å². The number of nitrogens with zero attached hydrogens (tertiary/aromatic N) is 1. The van der Waals surface area contributed by atoms with Crippen LogP contribution in [0.4, 0.5) is 0 Å². The number of rotatable bonds is 2. The lowest BCUT2D eigenvalue weighted by Crippen LogP contribution is -2.42. The minimum Gasteiger partial charge on any atom is -0.316 e. The maximum absolute atomic E-state index is 5.79. The second-order valence-electron chi connectivity index (χ2n) is 3.18. The van der Waals surface area contributed by atoms with E-state index in [-0.39, 0.29) is 6.17 Å². The molecule has 0 saturated carbocycles. The van der Waals surface area contributed by atoms with E-state index in [4.69, 9.17) is 5.73 Å². The van der Waals surface area contributed by atoms with E-state index in [1.54, 1.807) is 0 Å². The first kappa shape index (κ1) is 8.02. The highest BCUT2D eigenvalue weighted by Crippen LogP contribution is 2.20. The summed E-state index contributed by atoms with van der Waals surface area (Å²) in [7, 11) is 0. The molecule has 2 heteroatoms. The standard InChI is InChI=1S/C8H18N2/c1-3-8-5-4-6-10(8)7(2)9/h7-8H,3-6,9H2,1-2H3/t7?,8-/m1/s1. The van der Waals surface area contributed by atoms with Crippen LogP contribution in [0, 0.1) is 0 Å². The summed E-state index contributed by atoms with van der Waals surface area (Å²) in [5.74, 6) is 0. The molecule has 0 aromatic rings. The summed E-state index contributed by atoms with van der Waals surface area (Å²) in [6.07, 6.45) is 4.19. The van der Waals surface area contributed by atoms with Crippen LogP contribution in [-0.2, 0) is 0 Å². The molecule has 0 spiro atoms. The van der Waals surface area contributed by atoms with Crippen LogP contribution >= 0.6 is 0 Å². The molecule has 1 aliphatic rings. The molecule has 1 saturated heterocycles. The van der Waals surface area contributed by atoms with Gasteiger partial charge < -0.3 is 5.73 Å². The highest BCUT2D eigenvalue weighted by Gasteiger charge is 2.24. The molecule has 1 heterocycles. The van der Waals surface area contributed by atoms with Crippen molar-refractivity contribution in [2.24, 2.45) is 5.73 Å². The largest absolute Gasteiger partial charge is 0.316 e. The summed E-state index contributed by atoms with van der Waals surface area (Å²) in [4.78, 5) is 2.40. The normalized spacial score (nSPS) is 30.9. The van der Waals surface area contributed by atoms with Crippen LogP contribution in [-0.4, -0.2) is 23.7 Å². The van der Waals surface area contributed by atoms with Crippen molar-refractivity contribution in [1.29, 1.82) is 0 Å². The van der Waals surface area contributed by atoms with Gasteiger partial charge in [-0.3, -0.25) is 4.90 Å². The molecule has 2 atom stereocenters. The molecule has 0 amide bonds. The van der Waals surface area contributed by atoms with Gasteiger partial charge in [0, 0.05) is 6.04 Å². The first-order chi connectivity index (χ1) is 4.75. The molecule has 1 unspecified atom stereocenters. The Labute approximate surface area is 63.4 Å². The maximum atomic E-state index is 5.79. The van der Waals surface area contributed by atoms with Crippen molar-refractivity contribution in [2.45, 2.75) is 45.3 Å². The van der Waals surface area contributed by atoms with E-state index < -0.39 is 0 Å². The zero-order chi connectivity index (χ0) is 7.56. The summed E-state index contributed by atoms with van der Waals surface area (Å²) >= 11 is 0. The van der Waals surface area contributed by atoms with Gasteiger partial charge in [0.2, 0.25) is 0 Å². The fourth-order valence-electron chi connectivity index (χ4n) is 1.83. The van der Waals surface area contributed by atoms with E-state index in [9.17, 15) is 0 Å². The van der Waals surface area contributed by atoms with E-state index in [1.165, 1.54) is 25.8 Å². The second-order valence-corrected chi connectivity index (χ2v) is 3.18. The predicted molar refractivity (Wildman–Crippen MR) is 43.7 cm³/mol. The Balaban J connectivity index is 2.42. The molecule has 0 aliphatic carbocycles. The van der Waals surface area contributed by atoms with Crippen molar-refractivity contribution in [2.75, 3.05) is 6.54 Å². The van der Waals surface area contributed by atoms with E-state index >= 15 is 0 Å². The lowest BCUT2D eigenvalue weighted by Gasteiger charge is -2.26. The third-order valence-electron chi connectivity index (χ3n) is 2.42. The Bertz CT molecular complexity index is 101. The highest BCUT2D eigenvalue weighted by molar-refractivity contribution is 4.79. The quantitative estimate of drug-likeness (QED) is 0.627. The molecule has 1 rings (SSSR count). The summed E-state index contributed by atoms with van der Waals surface area (Å²) in [6, 6.07) is 0.764. The number of hydrogen-bond donors (Lipinski definition) is 1. The molecule has 1 aliphatic heterocycles. The summed E-state index contributed by atoms with van der Waals surface area (Å²) in [6.45, 7) is 5.52. The fraction of sp³-hybridized carbons (Fsp3) is 1.00. The third-order valence-corrected chi connectivity index (χ3v) is 2.42. The van der Waals surface area contributed by atoms with Gasteiger partial charge >= 0.3 is 0 Å². The molecule has 0 aromatic heterocycles. The monoisotopic (exact) mass is 142 g/mol. The summed E-state index contributed by atoms with van der Waals surface area (Å²) in [5, 5.41) is 0. The van der Waals surface area contributed by atoms with Crippen LogP contribution in [0.2, 0.25) is 0 Å². The van der Waals surface area contributed by atoms with Crippen molar-refractivity contribution in [1.82, 2.24) is 4.90 Å². The van der Waals surface area contributed by atoms with Crippen molar-refractivity contribution >= 4 is 0 Å². The molecule has 2 N–H and O–H groups in total. The minimum absolute atomic E-state index is 0.257. The lowest BCUT2D eigenvalue weighted by atomic mass is 10.2. The van der Waals surface area contributed by atoms with Gasteiger partial charge in [-0.1, -0.05) is 6.92 Å². The van der Waals surface area contributed by atoms with Crippen LogP contribution in [0.25, 0.3) is 0 Å². The van der Waals surface area contributed by atoms with E-state index in [0.29, 0.717) is 0 Å². The Morgan fingerprint density at radius 2 is 2.40 bits per heavy atom. The van der Waals surface area contributed by atoms with Crippen LogP contribution < -0.4 is 5.73 Å². The van der Waals surface area contributed by atoms with Crippen molar-refractivity contribution in [3.8, 4) is 0 Å². The molecule has 2 nitrogen and oxygen atoms in total. The lowest BCUT2D eigenvalue weighted by molar-refractivity contribution is 0.191. The Hall–Kier alpha value is -0.0800. The van der Waals surface area contributed by atoms with Crippen LogP contribution in [0.5, 0.6) is 0 Å². The average Bonchev–Trinajstić information content (AvgIpc) is 2.33. The minimum atomic E-state index is 0.257. The third kappa shape index (κ3) is 1.50. The highest BCUT2D eigenvalue weighted by atomic mass is 15.2. The van der Waals surface area contributed by atoms with Gasteiger partial charge in [-0.25, -0.2) is 0 Å². The van der Waals surface area contributed by atoms with Gasteiger partial charge in [-0.05, 0) is 32.7 Å². The van der Waals surface area contributed by atoms with Gasteiger partial charge in [-0.15, -0.1) is 0 Å². The Morgan fingerprint density at radius 1 is 1.70 bits per heavy atom. The topological polar surface area (TPSA) is 29.3 Å². The predicted octanol–water partition coefficient (Wildman–Crippen LogP) is 1.17. The van der Waals surface area contributed by atoms with Gasteiger partial charge in [0.15, 0.2) is 0 Å². The molecule has 0 radical (unpaired) electrons. The summed E-state index contributed by atoms with van der Waals surface area (Å²) in [5.41, 5.74) is 5.79. The fourth-order valence-corrected chi connectivity index (χ4v) is 1.83. The van der Waals surface area contributed by atoms with Crippen LogP contribution in [0.1, 0.15) is 33.1 Å². The number of nitrogens with two attached hydrogens (primary N) is 1. The van der Waals surface area contributed by atoms with Crippen LogP contribution in [0.3, 0.4) is 0 Å². The van der Waals surface area contributed by atoms with Gasteiger partial charge in [0.05, 0.1) is 6.17 Å². The second kappa shape index (κ2) is 3.35. The molecule has 0 aromatic carbocycles. The smallest absolute Gasteiger partial charge is 0.0545 e. The molecule has 10 heavy (non-hydrogen) atoms. The Morgan fingerprint density at radius 3 is 2.80 bits per heavy atom. The van der Waals surface area contributed by atoms with Crippen molar-refractivity contribution in [3.63, 3.8) is 0 Å². The first-order valence-corrected chi connectivity index (χ1v) is 4.27. The molecular formula is C8H18N2. The average molecular weight is 142 g/mol. The zero-order valence-electron chi connectivity index (χ0n) is 7.01. The number of hydrogen-bond acceptors (Lipinski definition) is 2. The van der Waals surface area contributed by atoms with E-state index in [0.717, 1.165) is 6.04 Å². The molecular weight excluding hydrogens is 124 g/mol. The van der Waals surface area contributed by atoms with Crippen molar-refractivity contribution < 1.29 is 0 Å². The molecule has 1 fully saturated rings. The van der Waals surface area contributed by atoms with Gasteiger partial charge in [0.1, 0.15) is 0 Å².